The summed E-state index contributed by atoms with van der Waals surface area (Å²) in [6, 6.07) is 24.3. The third-order valence-electron chi connectivity index (χ3n) is 6.67. The van der Waals surface area contributed by atoms with Crippen LogP contribution in [0, 0.1) is 0 Å². The number of carboxylic acid groups (broad SMARTS) is 1. The molecule has 2 amide bonds. The first kappa shape index (κ1) is 24.9. The number of amides is 2. The average Bonchev–Trinajstić information content (AvgIpc) is 3.30. The number of ether oxygens (including phenoxy) is 1. The van der Waals surface area contributed by atoms with E-state index in [1.165, 1.54) is 4.90 Å². The van der Waals surface area contributed by atoms with Crippen LogP contribution in [0.15, 0.2) is 85.1 Å². The second-order valence-electron chi connectivity index (χ2n) is 9.13. The van der Waals surface area contributed by atoms with Crippen molar-refractivity contribution in [3.63, 3.8) is 0 Å². The third kappa shape index (κ3) is 5.20. The summed E-state index contributed by atoms with van der Waals surface area (Å²) in [5, 5.41) is 14.3. The summed E-state index contributed by atoms with van der Waals surface area (Å²) < 4.78 is 5.23. The molecule has 36 heavy (non-hydrogen) atoms. The normalized spacial score (nSPS) is 13.5. The van der Waals surface area contributed by atoms with Gasteiger partial charge in [0.05, 0.1) is 19.7 Å². The number of nitrogens with zero attached hydrogens (tertiary/aromatic N) is 1. The van der Waals surface area contributed by atoms with Crippen molar-refractivity contribution < 1.29 is 19.4 Å². The van der Waals surface area contributed by atoms with E-state index in [0.29, 0.717) is 5.75 Å². The highest BCUT2D eigenvalue weighted by molar-refractivity contribution is 5.91. The molecule has 7 heteroatoms. The van der Waals surface area contributed by atoms with Gasteiger partial charge in [-0.25, -0.2) is 4.79 Å². The Morgan fingerprint density at radius 1 is 1.03 bits per heavy atom. The highest BCUT2D eigenvalue weighted by Crippen LogP contribution is 2.29. The van der Waals surface area contributed by atoms with E-state index >= 15 is 0 Å². The van der Waals surface area contributed by atoms with Crippen LogP contribution in [0.3, 0.4) is 0 Å². The molecule has 0 fully saturated rings. The maximum atomic E-state index is 13.9. The van der Waals surface area contributed by atoms with Crippen LogP contribution in [0.25, 0.3) is 10.9 Å². The number of nitrogens with one attached hydrogen (secondary N) is 2. The Hall–Kier alpha value is -4.26. The first-order chi connectivity index (χ1) is 17.3. The van der Waals surface area contributed by atoms with Gasteiger partial charge in [0.25, 0.3) is 0 Å². The summed E-state index contributed by atoms with van der Waals surface area (Å²) in [7, 11) is 1.58. The number of aromatic amines is 1. The van der Waals surface area contributed by atoms with Crippen LogP contribution in [-0.4, -0.2) is 39.6 Å². The molecular weight excluding hydrogens is 454 g/mol. The first-order valence-electron chi connectivity index (χ1n) is 11.9. The predicted octanol–water partition coefficient (Wildman–Crippen LogP) is 5.54. The Kier molecular flexibility index (Phi) is 7.29. The lowest BCUT2D eigenvalue weighted by atomic mass is 9.88. The van der Waals surface area contributed by atoms with E-state index < -0.39 is 11.6 Å². The van der Waals surface area contributed by atoms with Crippen molar-refractivity contribution in [2.24, 2.45) is 0 Å². The van der Waals surface area contributed by atoms with E-state index in [1.807, 2.05) is 79.9 Å². The Bertz CT molecular complexity index is 1330. The zero-order chi connectivity index (χ0) is 25.7. The second-order valence-corrected chi connectivity index (χ2v) is 9.13. The van der Waals surface area contributed by atoms with Gasteiger partial charge in [-0.2, -0.15) is 0 Å². The summed E-state index contributed by atoms with van der Waals surface area (Å²) in [4.78, 5) is 31.0. The van der Waals surface area contributed by atoms with E-state index in [4.69, 9.17) is 4.74 Å². The minimum Gasteiger partial charge on any atom is -0.497 e. The number of hydrogen-bond acceptors (Lipinski definition) is 3. The van der Waals surface area contributed by atoms with Crippen LogP contribution < -0.4 is 10.1 Å². The van der Waals surface area contributed by atoms with E-state index in [2.05, 4.69) is 10.3 Å². The van der Waals surface area contributed by atoms with Crippen LogP contribution in [0.5, 0.6) is 5.75 Å². The number of aromatic nitrogens is 1. The second kappa shape index (κ2) is 10.6. The lowest BCUT2D eigenvalue weighted by Gasteiger charge is -2.39. The number of carbonyl (C=O) groups is 2. The summed E-state index contributed by atoms with van der Waals surface area (Å²) in [6.07, 6.45) is 0.882. The van der Waals surface area contributed by atoms with Crippen molar-refractivity contribution in [2.75, 3.05) is 7.11 Å². The van der Waals surface area contributed by atoms with Gasteiger partial charge in [-0.1, -0.05) is 60.7 Å². The van der Waals surface area contributed by atoms with Gasteiger partial charge < -0.3 is 20.1 Å². The molecule has 2 atom stereocenters. The van der Waals surface area contributed by atoms with Gasteiger partial charge in [-0.3, -0.25) is 9.69 Å². The van der Waals surface area contributed by atoms with E-state index in [0.717, 1.165) is 27.6 Å². The fourth-order valence-electron chi connectivity index (χ4n) is 4.49. The fourth-order valence-corrected chi connectivity index (χ4v) is 4.49. The highest BCUT2D eigenvalue weighted by Gasteiger charge is 2.43. The quantitative estimate of drug-likeness (QED) is 0.290. The molecule has 0 aliphatic rings. The Balaban J connectivity index is 1.71. The van der Waals surface area contributed by atoms with Gasteiger partial charge in [-0.15, -0.1) is 0 Å². The van der Waals surface area contributed by atoms with Crippen molar-refractivity contribution in [2.45, 2.75) is 38.4 Å². The van der Waals surface area contributed by atoms with Crippen LogP contribution in [0.2, 0.25) is 0 Å². The molecule has 0 aliphatic carbocycles. The Labute approximate surface area is 210 Å². The molecule has 2 unspecified atom stereocenters. The van der Waals surface area contributed by atoms with E-state index in [-0.39, 0.29) is 24.9 Å². The molecule has 3 aromatic carbocycles. The molecule has 186 valence electrons. The summed E-state index contributed by atoms with van der Waals surface area (Å²) in [5.74, 6) is 0.316. The predicted molar refractivity (Wildman–Crippen MR) is 140 cm³/mol. The number of benzene rings is 3. The van der Waals surface area contributed by atoms with Crippen molar-refractivity contribution in [3.05, 3.63) is 102 Å². The van der Waals surface area contributed by atoms with Gasteiger partial charge in [0.1, 0.15) is 11.3 Å². The van der Waals surface area contributed by atoms with E-state index in [1.54, 1.807) is 26.2 Å². The highest BCUT2D eigenvalue weighted by atomic mass is 16.5. The molecule has 0 saturated carbocycles. The zero-order valence-electron chi connectivity index (χ0n) is 20.7. The minimum atomic E-state index is -1.39. The van der Waals surface area contributed by atoms with E-state index in [9.17, 15) is 14.7 Å². The third-order valence-corrected chi connectivity index (χ3v) is 6.67. The van der Waals surface area contributed by atoms with Crippen LogP contribution >= 0.6 is 0 Å². The maximum Gasteiger partial charge on any atom is 0.408 e. The molecule has 4 aromatic rings. The number of carbonyl (C=O) groups excluding carboxylic acids is 1. The smallest absolute Gasteiger partial charge is 0.408 e. The summed E-state index contributed by atoms with van der Waals surface area (Å²) >= 11 is 0. The molecule has 3 N–H and O–H groups in total. The molecule has 7 nitrogen and oxygen atoms in total. The summed E-state index contributed by atoms with van der Waals surface area (Å²) in [6.45, 7) is 3.64. The van der Waals surface area contributed by atoms with Gasteiger partial charge in [0, 0.05) is 23.5 Å². The molecular formula is C29H31N3O4. The molecule has 0 bridgehead atoms. The largest absolute Gasteiger partial charge is 0.497 e. The molecule has 1 heterocycles. The van der Waals surface area contributed by atoms with Gasteiger partial charge in [-0.05, 0) is 48.7 Å². The lowest BCUT2D eigenvalue weighted by molar-refractivity contribution is -0.132. The number of hydrogen-bond donors (Lipinski definition) is 3. The molecule has 0 radical (unpaired) electrons. The van der Waals surface area contributed by atoms with Gasteiger partial charge in [0.15, 0.2) is 0 Å². The topological polar surface area (TPSA) is 94.7 Å². The standard InChI is InChI=1S/C29H31N3O4/c1-20(22-9-5-4-6-10-22)31-27(33)29(2,17-23-18-30-26-12-8-7-11-25(23)26)32(28(34)35)19-21-13-15-24(36-3)16-14-21/h4-16,18,20,30H,17,19H2,1-3H3,(H,31,33)(H,34,35). The number of H-pyrrole nitrogens is 1. The maximum absolute atomic E-state index is 13.9. The van der Waals surface area contributed by atoms with Gasteiger partial charge >= 0.3 is 6.09 Å². The summed E-state index contributed by atoms with van der Waals surface area (Å²) in [5.41, 5.74) is 2.12. The van der Waals surface area contributed by atoms with Crippen molar-refractivity contribution in [1.29, 1.82) is 0 Å². The molecule has 1 aromatic heterocycles. The number of para-hydroxylation sites is 1. The van der Waals surface area contributed by atoms with Crippen molar-refractivity contribution in [3.8, 4) is 5.75 Å². The lowest BCUT2D eigenvalue weighted by Crippen LogP contribution is -2.59. The average molecular weight is 486 g/mol. The zero-order valence-corrected chi connectivity index (χ0v) is 20.7. The monoisotopic (exact) mass is 485 g/mol. The number of fused-ring (bicyclic) bond motifs is 1. The van der Waals surface area contributed by atoms with Crippen LogP contribution in [0.1, 0.15) is 36.6 Å². The number of rotatable bonds is 9. The minimum absolute atomic E-state index is 0.0469. The Morgan fingerprint density at radius 3 is 2.36 bits per heavy atom. The first-order valence-corrected chi connectivity index (χ1v) is 11.9. The molecule has 4 rings (SSSR count). The molecule has 0 aliphatic heterocycles. The van der Waals surface area contributed by atoms with Crippen molar-refractivity contribution >= 4 is 22.9 Å². The molecule has 0 spiro atoms. The van der Waals surface area contributed by atoms with Crippen LogP contribution in [0.4, 0.5) is 4.79 Å². The van der Waals surface area contributed by atoms with Crippen molar-refractivity contribution in [1.82, 2.24) is 15.2 Å². The fraction of sp³-hybridized carbons (Fsp3) is 0.241. The Morgan fingerprint density at radius 2 is 1.69 bits per heavy atom. The number of methoxy groups -OCH3 is 1. The van der Waals surface area contributed by atoms with Gasteiger partial charge in [0.2, 0.25) is 5.91 Å². The van der Waals surface area contributed by atoms with Crippen LogP contribution in [-0.2, 0) is 17.8 Å². The molecule has 0 saturated heterocycles. The SMILES string of the molecule is COc1ccc(CN(C(=O)O)C(C)(Cc2c[nH]c3ccccc23)C(=O)NC(C)c2ccccc2)cc1.